The Morgan fingerprint density at radius 3 is 2.94 bits per heavy atom. The Hall–Kier alpha value is -1.31. The molecule has 2 aliphatic rings. The van der Waals surface area contributed by atoms with Crippen molar-refractivity contribution in [1.82, 2.24) is 0 Å². The summed E-state index contributed by atoms with van der Waals surface area (Å²) in [6.45, 7) is 8.19. The zero-order valence-electron chi connectivity index (χ0n) is 10.7. The Bertz CT molecular complexity index is 401. The first-order valence-corrected chi connectivity index (χ1v) is 6.32. The molecule has 0 fully saturated rings. The smallest absolute Gasteiger partial charge is 0.318 e. The molecule has 0 aromatic carbocycles. The van der Waals surface area contributed by atoms with Gasteiger partial charge in [-0.05, 0) is 45.6 Å². The average Bonchev–Trinajstić information content (AvgIpc) is 2.59. The van der Waals surface area contributed by atoms with E-state index in [4.69, 9.17) is 4.74 Å². The molecule has 2 atom stereocenters. The highest BCUT2D eigenvalue weighted by molar-refractivity contribution is 5.78. The fourth-order valence-corrected chi connectivity index (χ4v) is 2.50. The lowest BCUT2D eigenvalue weighted by Gasteiger charge is -2.17. The third kappa shape index (κ3) is 2.68. The van der Waals surface area contributed by atoms with Crippen LogP contribution in [-0.4, -0.2) is 5.97 Å². The highest BCUT2D eigenvalue weighted by Crippen LogP contribution is 2.34. The normalized spacial score (nSPS) is 32.2. The van der Waals surface area contributed by atoms with Gasteiger partial charge >= 0.3 is 5.97 Å². The minimum Gasteiger partial charge on any atom is -0.430 e. The van der Waals surface area contributed by atoms with Crippen LogP contribution in [0.5, 0.6) is 0 Å². The molecule has 0 spiro atoms. The van der Waals surface area contributed by atoms with E-state index in [1.165, 1.54) is 5.57 Å². The number of allylic oxidation sites excluding steroid dienone is 3. The Kier molecular flexibility index (Phi) is 3.51. The van der Waals surface area contributed by atoms with Gasteiger partial charge in [0.2, 0.25) is 0 Å². The topological polar surface area (TPSA) is 26.3 Å². The van der Waals surface area contributed by atoms with Crippen molar-refractivity contribution in [2.75, 3.05) is 0 Å². The molecule has 1 heterocycles. The van der Waals surface area contributed by atoms with E-state index < -0.39 is 0 Å². The Morgan fingerprint density at radius 1 is 1.47 bits per heavy atom. The van der Waals surface area contributed by atoms with E-state index in [-0.39, 0.29) is 17.8 Å². The molecule has 17 heavy (non-hydrogen) atoms. The fraction of sp³-hybridized carbons (Fsp3) is 0.533. The summed E-state index contributed by atoms with van der Waals surface area (Å²) in [6, 6.07) is 0. The number of esters is 1. The highest BCUT2D eigenvalue weighted by atomic mass is 16.5. The first kappa shape index (κ1) is 12.2. The molecule has 2 bridgehead atoms. The van der Waals surface area contributed by atoms with Gasteiger partial charge in [-0.1, -0.05) is 23.8 Å². The number of hydrogen-bond acceptors (Lipinski definition) is 2. The summed E-state index contributed by atoms with van der Waals surface area (Å²) >= 11 is 0. The average molecular weight is 232 g/mol. The highest BCUT2D eigenvalue weighted by Gasteiger charge is 2.31. The van der Waals surface area contributed by atoms with E-state index in [9.17, 15) is 4.79 Å². The van der Waals surface area contributed by atoms with Crippen molar-refractivity contribution in [2.24, 2.45) is 11.8 Å². The molecule has 0 aromatic heterocycles. The number of hydrogen-bond donors (Lipinski definition) is 0. The molecular formula is C15H20O2. The first-order chi connectivity index (χ1) is 8.08. The van der Waals surface area contributed by atoms with Crippen molar-refractivity contribution in [2.45, 2.75) is 39.5 Å². The van der Waals surface area contributed by atoms with Gasteiger partial charge in [0, 0.05) is 5.92 Å². The lowest BCUT2D eigenvalue weighted by Crippen LogP contribution is -2.10. The van der Waals surface area contributed by atoms with E-state index in [1.54, 1.807) is 0 Å². The minimum absolute atomic E-state index is 0.0472. The second-order valence-electron chi connectivity index (χ2n) is 5.16. The van der Waals surface area contributed by atoms with Gasteiger partial charge in [0.05, 0.1) is 5.92 Å². The van der Waals surface area contributed by atoms with Crippen LogP contribution in [0.2, 0.25) is 0 Å². The SMILES string of the molecule is C=C(C)[C@@H]1CC/C(C)=C/CC[C@@H]2C=C1OC2=O. The van der Waals surface area contributed by atoms with Gasteiger partial charge in [-0.15, -0.1) is 0 Å². The quantitative estimate of drug-likeness (QED) is 0.508. The largest absolute Gasteiger partial charge is 0.430 e. The van der Waals surface area contributed by atoms with Gasteiger partial charge < -0.3 is 4.74 Å². The standard InChI is InChI=1S/C15H20O2/c1-10(2)13-8-7-11(3)5-4-6-12-9-14(13)17-15(12)16/h5,9,12-13H,1,4,6-8H2,2-3H3/b11-5+/t12-,13+/m1/s1. The molecule has 2 nitrogen and oxygen atoms in total. The van der Waals surface area contributed by atoms with Crippen molar-refractivity contribution in [3.8, 4) is 0 Å². The number of fused-ring (bicyclic) bond motifs is 1. The molecular weight excluding hydrogens is 212 g/mol. The van der Waals surface area contributed by atoms with Gasteiger partial charge in [-0.25, -0.2) is 0 Å². The van der Waals surface area contributed by atoms with Crippen molar-refractivity contribution >= 4 is 5.97 Å². The summed E-state index contributed by atoms with van der Waals surface area (Å²) in [5.41, 5.74) is 2.49. The molecule has 0 amide bonds. The van der Waals surface area contributed by atoms with Crippen molar-refractivity contribution in [1.29, 1.82) is 0 Å². The van der Waals surface area contributed by atoms with E-state index >= 15 is 0 Å². The molecule has 1 aliphatic heterocycles. The van der Waals surface area contributed by atoms with E-state index in [0.717, 1.165) is 37.0 Å². The monoisotopic (exact) mass is 232 g/mol. The summed E-state index contributed by atoms with van der Waals surface area (Å²) in [6.07, 6.45) is 8.13. The third-order valence-corrected chi connectivity index (χ3v) is 3.62. The summed E-state index contributed by atoms with van der Waals surface area (Å²) < 4.78 is 5.40. The van der Waals surface area contributed by atoms with E-state index in [0.29, 0.717) is 0 Å². The van der Waals surface area contributed by atoms with E-state index in [1.807, 2.05) is 13.0 Å². The predicted molar refractivity (Wildman–Crippen MR) is 68.2 cm³/mol. The number of ether oxygens (including phenoxy) is 1. The third-order valence-electron chi connectivity index (χ3n) is 3.62. The molecule has 0 unspecified atom stereocenters. The van der Waals surface area contributed by atoms with Crippen LogP contribution in [0, 0.1) is 11.8 Å². The number of rotatable bonds is 1. The van der Waals surface area contributed by atoms with Crippen molar-refractivity contribution in [3.05, 3.63) is 35.6 Å². The second kappa shape index (κ2) is 4.91. The van der Waals surface area contributed by atoms with Crippen LogP contribution >= 0.6 is 0 Å². The van der Waals surface area contributed by atoms with Crippen LogP contribution in [0.4, 0.5) is 0 Å². The first-order valence-electron chi connectivity index (χ1n) is 6.32. The molecule has 92 valence electrons. The van der Waals surface area contributed by atoms with Crippen molar-refractivity contribution in [3.63, 3.8) is 0 Å². The Morgan fingerprint density at radius 2 is 2.24 bits per heavy atom. The summed E-state index contributed by atoms with van der Waals surface area (Å²) in [4.78, 5) is 11.7. The van der Waals surface area contributed by atoms with Crippen LogP contribution in [0.3, 0.4) is 0 Å². The van der Waals surface area contributed by atoms with Crippen LogP contribution in [0.25, 0.3) is 0 Å². The van der Waals surface area contributed by atoms with Gasteiger partial charge in [0.25, 0.3) is 0 Å². The molecule has 0 saturated heterocycles. The molecule has 0 saturated carbocycles. The molecule has 2 heteroatoms. The summed E-state index contributed by atoms with van der Waals surface area (Å²) in [5, 5.41) is 0. The Balaban J connectivity index is 2.24. The van der Waals surface area contributed by atoms with Gasteiger partial charge in [0.15, 0.2) is 0 Å². The van der Waals surface area contributed by atoms with Crippen LogP contribution in [0.1, 0.15) is 39.5 Å². The van der Waals surface area contributed by atoms with Gasteiger partial charge in [-0.2, -0.15) is 0 Å². The lowest BCUT2D eigenvalue weighted by molar-refractivity contribution is -0.140. The lowest BCUT2D eigenvalue weighted by atomic mass is 9.89. The van der Waals surface area contributed by atoms with Crippen LogP contribution < -0.4 is 0 Å². The molecule has 0 aromatic rings. The second-order valence-corrected chi connectivity index (χ2v) is 5.16. The van der Waals surface area contributed by atoms with Crippen LogP contribution in [-0.2, 0) is 9.53 Å². The summed E-state index contributed by atoms with van der Waals surface area (Å²) in [5.74, 6) is 0.904. The Labute approximate surface area is 103 Å². The van der Waals surface area contributed by atoms with Crippen molar-refractivity contribution < 1.29 is 9.53 Å². The summed E-state index contributed by atoms with van der Waals surface area (Å²) in [7, 11) is 0. The molecule has 0 radical (unpaired) electrons. The van der Waals surface area contributed by atoms with E-state index in [2.05, 4.69) is 19.6 Å². The molecule has 2 rings (SSSR count). The maximum atomic E-state index is 11.7. The zero-order valence-corrected chi connectivity index (χ0v) is 10.7. The number of carbonyl (C=O) groups excluding carboxylic acids is 1. The van der Waals surface area contributed by atoms with Crippen LogP contribution in [0.15, 0.2) is 35.6 Å². The number of carbonyl (C=O) groups is 1. The molecule has 1 aliphatic carbocycles. The predicted octanol–water partition coefficient (Wildman–Crippen LogP) is 3.76. The maximum Gasteiger partial charge on any atom is 0.318 e. The maximum absolute atomic E-state index is 11.7. The van der Waals surface area contributed by atoms with Gasteiger partial charge in [0.1, 0.15) is 5.76 Å². The zero-order chi connectivity index (χ0) is 12.4. The fourth-order valence-electron chi connectivity index (χ4n) is 2.50. The minimum atomic E-state index is -0.0841. The molecule has 0 N–H and O–H groups in total. The van der Waals surface area contributed by atoms with Gasteiger partial charge in [-0.3, -0.25) is 4.79 Å².